The normalized spacial score (nSPS) is 15.2. The van der Waals surface area contributed by atoms with Crippen LogP contribution in [0.3, 0.4) is 0 Å². The Labute approximate surface area is 202 Å². The molecule has 1 aliphatic rings. The first-order chi connectivity index (χ1) is 16.3. The van der Waals surface area contributed by atoms with Gasteiger partial charge in [-0.1, -0.05) is 11.6 Å². The topological polar surface area (TPSA) is 81.5 Å². The molecule has 0 fully saturated rings. The summed E-state index contributed by atoms with van der Waals surface area (Å²) in [5, 5.41) is 0.739. The summed E-state index contributed by atoms with van der Waals surface area (Å²) in [6.45, 7) is 1.21. The Bertz CT molecular complexity index is 1280. The smallest absolute Gasteiger partial charge is 0.290 e. The first kappa shape index (κ1) is 23.9. The van der Waals surface area contributed by atoms with Crippen LogP contribution in [0, 0.1) is 0 Å². The first-order valence-electron chi connectivity index (χ1n) is 10.8. The molecule has 9 heteroatoms. The van der Waals surface area contributed by atoms with Crippen LogP contribution in [0.5, 0.6) is 17.2 Å². The molecular weight excluding hydrogens is 460 g/mol. The number of hydrogen-bond acceptors (Lipinski definition) is 7. The highest BCUT2D eigenvalue weighted by Gasteiger charge is 2.43. The van der Waals surface area contributed by atoms with Gasteiger partial charge in [0, 0.05) is 11.6 Å². The Hall–Kier alpha value is -3.23. The molecular formula is C25H27ClN2O6. The van der Waals surface area contributed by atoms with Crippen LogP contribution in [0.4, 0.5) is 0 Å². The summed E-state index contributed by atoms with van der Waals surface area (Å²) in [7, 11) is 8.51. The number of nitrogens with zero attached hydrogens (tertiary/aromatic N) is 2. The van der Waals surface area contributed by atoms with Gasteiger partial charge in [-0.2, -0.15) is 0 Å². The van der Waals surface area contributed by atoms with E-state index in [-0.39, 0.29) is 22.7 Å². The molecule has 0 saturated carbocycles. The first-order valence-corrected chi connectivity index (χ1v) is 11.2. The molecule has 2 aromatic carbocycles. The van der Waals surface area contributed by atoms with E-state index in [0.717, 1.165) is 6.54 Å². The fraction of sp³-hybridized carbons (Fsp3) is 0.360. The third-order valence-corrected chi connectivity index (χ3v) is 6.17. The molecule has 0 N–H and O–H groups in total. The molecule has 1 aliphatic heterocycles. The summed E-state index contributed by atoms with van der Waals surface area (Å²) < 4.78 is 22.5. The van der Waals surface area contributed by atoms with E-state index in [4.69, 9.17) is 30.2 Å². The van der Waals surface area contributed by atoms with E-state index < -0.39 is 6.04 Å². The van der Waals surface area contributed by atoms with Crippen molar-refractivity contribution < 1.29 is 23.4 Å². The van der Waals surface area contributed by atoms with Gasteiger partial charge in [0.15, 0.2) is 16.9 Å². The number of amides is 1. The molecule has 0 spiro atoms. The third kappa shape index (κ3) is 4.08. The largest absolute Gasteiger partial charge is 0.493 e. The molecule has 1 amide bonds. The van der Waals surface area contributed by atoms with Crippen molar-refractivity contribution in [3.63, 3.8) is 0 Å². The SMILES string of the molecule is COc1cc([C@H]2c3c(oc4ccc(Cl)cc4c3=O)C(=O)N2CCCN(C)C)cc(OC)c1OC. The number of halogens is 1. The van der Waals surface area contributed by atoms with E-state index in [1.165, 1.54) is 21.3 Å². The number of fused-ring (bicyclic) bond motifs is 2. The van der Waals surface area contributed by atoms with E-state index in [2.05, 4.69) is 0 Å². The Kier molecular flexibility index (Phi) is 6.72. The molecule has 0 radical (unpaired) electrons. The summed E-state index contributed by atoms with van der Waals surface area (Å²) in [6.07, 6.45) is 0.715. The Morgan fingerprint density at radius 1 is 1.03 bits per heavy atom. The van der Waals surface area contributed by atoms with Crippen LogP contribution >= 0.6 is 11.6 Å². The van der Waals surface area contributed by atoms with E-state index in [9.17, 15) is 9.59 Å². The molecule has 1 aromatic heterocycles. The van der Waals surface area contributed by atoms with Gasteiger partial charge in [0.05, 0.1) is 38.3 Å². The lowest BCUT2D eigenvalue weighted by molar-refractivity contribution is 0.0722. The van der Waals surface area contributed by atoms with Crippen LogP contribution in [-0.4, -0.2) is 64.2 Å². The minimum absolute atomic E-state index is 0.0448. The van der Waals surface area contributed by atoms with Crippen LogP contribution in [0.15, 0.2) is 39.5 Å². The molecule has 0 saturated heterocycles. The van der Waals surface area contributed by atoms with Gasteiger partial charge in [0.1, 0.15) is 5.58 Å². The van der Waals surface area contributed by atoms with Crippen molar-refractivity contribution in [3.8, 4) is 17.2 Å². The molecule has 3 aromatic rings. The maximum atomic E-state index is 13.7. The highest BCUT2D eigenvalue weighted by atomic mass is 35.5. The molecule has 1 atom stereocenters. The van der Waals surface area contributed by atoms with Gasteiger partial charge in [0.2, 0.25) is 11.5 Å². The van der Waals surface area contributed by atoms with E-state index in [0.29, 0.717) is 51.8 Å². The maximum Gasteiger partial charge on any atom is 0.290 e. The second-order valence-corrected chi connectivity index (χ2v) is 8.77. The second-order valence-electron chi connectivity index (χ2n) is 8.33. The van der Waals surface area contributed by atoms with Crippen LogP contribution < -0.4 is 19.6 Å². The summed E-state index contributed by atoms with van der Waals surface area (Å²) >= 11 is 6.15. The van der Waals surface area contributed by atoms with Crippen LogP contribution in [-0.2, 0) is 0 Å². The number of methoxy groups -OCH3 is 3. The lowest BCUT2D eigenvalue weighted by Gasteiger charge is -2.27. The van der Waals surface area contributed by atoms with Crippen molar-refractivity contribution >= 4 is 28.5 Å². The Morgan fingerprint density at radius 3 is 2.29 bits per heavy atom. The fourth-order valence-corrected chi connectivity index (χ4v) is 4.56. The van der Waals surface area contributed by atoms with Crippen molar-refractivity contribution in [2.75, 3.05) is 48.5 Å². The van der Waals surface area contributed by atoms with E-state index in [1.54, 1.807) is 35.2 Å². The monoisotopic (exact) mass is 486 g/mol. The summed E-state index contributed by atoms with van der Waals surface area (Å²) in [5.74, 6) is 0.998. The third-order valence-electron chi connectivity index (χ3n) is 5.93. The van der Waals surface area contributed by atoms with Gasteiger partial charge in [-0.3, -0.25) is 9.59 Å². The second kappa shape index (κ2) is 9.56. The zero-order valence-electron chi connectivity index (χ0n) is 19.8. The van der Waals surface area contributed by atoms with Crippen molar-refractivity contribution in [3.05, 3.63) is 62.5 Å². The predicted octanol–water partition coefficient (Wildman–Crippen LogP) is 3.97. The Morgan fingerprint density at radius 2 is 1.71 bits per heavy atom. The van der Waals surface area contributed by atoms with Gasteiger partial charge < -0.3 is 28.4 Å². The zero-order valence-corrected chi connectivity index (χ0v) is 20.6. The number of hydrogen-bond donors (Lipinski definition) is 0. The highest BCUT2D eigenvalue weighted by molar-refractivity contribution is 6.31. The summed E-state index contributed by atoms with van der Waals surface area (Å²) in [4.78, 5) is 30.9. The zero-order chi connectivity index (χ0) is 24.6. The lowest BCUT2D eigenvalue weighted by Crippen LogP contribution is -2.32. The minimum atomic E-state index is -0.682. The molecule has 34 heavy (non-hydrogen) atoms. The van der Waals surface area contributed by atoms with Crippen molar-refractivity contribution in [1.29, 1.82) is 0 Å². The molecule has 0 aliphatic carbocycles. The number of carbonyl (C=O) groups is 1. The molecule has 180 valence electrons. The van der Waals surface area contributed by atoms with Gasteiger partial charge >= 0.3 is 0 Å². The van der Waals surface area contributed by atoms with Crippen molar-refractivity contribution in [2.45, 2.75) is 12.5 Å². The van der Waals surface area contributed by atoms with Crippen LogP contribution in [0.2, 0.25) is 5.02 Å². The number of rotatable bonds is 8. The Balaban J connectivity index is 1.95. The maximum absolute atomic E-state index is 13.7. The number of ether oxygens (including phenoxy) is 3. The number of benzene rings is 2. The summed E-state index contributed by atoms with van der Waals surface area (Å²) in [6, 6.07) is 7.64. The van der Waals surface area contributed by atoms with Crippen LogP contribution in [0.1, 0.15) is 34.1 Å². The average Bonchev–Trinajstić information content (AvgIpc) is 3.10. The van der Waals surface area contributed by atoms with Crippen LogP contribution in [0.25, 0.3) is 11.0 Å². The van der Waals surface area contributed by atoms with Crippen molar-refractivity contribution in [1.82, 2.24) is 9.80 Å². The van der Waals surface area contributed by atoms with Gasteiger partial charge in [-0.25, -0.2) is 0 Å². The summed E-state index contributed by atoms with van der Waals surface area (Å²) in [5.41, 5.74) is 0.959. The quantitative estimate of drug-likeness (QED) is 0.476. The van der Waals surface area contributed by atoms with E-state index in [1.807, 2.05) is 19.0 Å². The highest BCUT2D eigenvalue weighted by Crippen LogP contribution is 2.45. The van der Waals surface area contributed by atoms with Crippen molar-refractivity contribution in [2.24, 2.45) is 0 Å². The molecule has 0 bridgehead atoms. The minimum Gasteiger partial charge on any atom is -0.493 e. The molecule has 4 rings (SSSR count). The predicted molar refractivity (Wildman–Crippen MR) is 130 cm³/mol. The molecule has 0 unspecified atom stereocenters. The van der Waals surface area contributed by atoms with Gasteiger partial charge in [-0.05, 0) is 63.0 Å². The standard InChI is InChI=1S/C25H27ClN2O6/c1-27(2)9-6-10-28-21(14-11-18(31-3)23(33-5)19(12-14)32-4)20-22(29)16-13-15(26)7-8-17(16)34-24(20)25(28)30/h7-8,11-13,21H,6,9-10H2,1-5H3/t21-/m0/s1. The molecule has 8 nitrogen and oxygen atoms in total. The fourth-order valence-electron chi connectivity index (χ4n) is 4.39. The molecule has 2 heterocycles. The lowest BCUT2D eigenvalue weighted by atomic mass is 9.97. The number of carbonyl (C=O) groups excluding carboxylic acids is 1. The van der Waals surface area contributed by atoms with Gasteiger partial charge in [0.25, 0.3) is 5.91 Å². The van der Waals surface area contributed by atoms with E-state index >= 15 is 0 Å². The average molecular weight is 487 g/mol. The van der Waals surface area contributed by atoms with Gasteiger partial charge in [-0.15, -0.1) is 0 Å².